The second-order valence-corrected chi connectivity index (χ2v) is 6.39. The van der Waals surface area contributed by atoms with Crippen LogP contribution in [0.15, 0.2) is 12.3 Å². The zero-order valence-corrected chi connectivity index (χ0v) is 11.3. The first-order valence-corrected chi connectivity index (χ1v) is 7.06. The SMILES string of the molecule is FC(F)(F)c1[nH]nc2ncc(CC3CC4(CNC4)C3)cc12. The lowest BCUT2D eigenvalue weighted by Gasteiger charge is -2.54. The molecule has 2 aliphatic rings. The van der Waals surface area contributed by atoms with Crippen LogP contribution in [0, 0.1) is 11.3 Å². The third-order valence-corrected chi connectivity index (χ3v) is 4.72. The average molecular weight is 296 g/mol. The Morgan fingerprint density at radius 1 is 1.29 bits per heavy atom. The van der Waals surface area contributed by atoms with Crippen LogP contribution in [0.2, 0.25) is 0 Å². The highest BCUT2D eigenvalue weighted by Crippen LogP contribution is 2.49. The van der Waals surface area contributed by atoms with Crippen molar-refractivity contribution in [1.29, 1.82) is 0 Å². The van der Waals surface area contributed by atoms with Gasteiger partial charge in [0.05, 0.1) is 5.39 Å². The van der Waals surface area contributed by atoms with Gasteiger partial charge in [0.15, 0.2) is 5.65 Å². The molecule has 1 spiro atoms. The minimum absolute atomic E-state index is 0.0688. The van der Waals surface area contributed by atoms with Crippen LogP contribution in [0.25, 0.3) is 11.0 Å². The largest absolute Gasteiger partial charge is 0.433 e. The van der Waals surface area contributed by atoms with Crippen LogP contribution in [0.5, 0.6) is 0 Å². The Kier molecular flexibility index (Phi) is 2.61. The zero-order valence-electron chi connectivity index (χ0n) is 11.3. The van der Waals surface area contributed by atoms with E-state index in [0.717, 1.165) is 37.9 Å². The Hall–Kier alpha value is -1.63. The van der Waals surface area contributed by atoms with E-state index in [1.54, 1.807) is 12.3 Å². The Balaban J connectivity index is 1.56. The van der Waals surface area contributed by atoms with E-state index >= 15 is 0 Å². The minimum atomic E-state index is -4.42. The van der Waals surface area contributed by atoms with Gasteiger partial charge < -0.3 is 5.32 Å². The smallest absolute Gasteiger partial charge is 0.316 e. The van der Waals surface area contributed by atoms with Gasteiger partial charge >= 0.3 is 6.18 Å². The Morgan fingerprint density at radius 3 is 2.67 bits per heavy atom. The summed E-state index contributed by atoms with van der Waals surface area (Å²) in [5.74, 6) is 0.563. The fraction of sp³-hybridized carbons (Fsp3) is 0.571. The summed E-state index contributed by atoms with van der Waals surface area (Å²) in [6.07, 6.45) is 0.346. The lowest BCUT2D eigenvalue weighted by Crippen LogP contribution is -2.60. The third kappa shape index (κ3) is 2.10. The first-order valence-electron chi connectivity index (χ1n) is 7.06. The van der Waals surface area contributed by atoms with Gasteiger partial charge in [0, 0.05) is 19.3 Å². The number of nitrogens with one attached hydrogen (secondary N) is 2. The van der Waals surface area contributed by atoms with E-state index in [9.17, 15) is 13.2 Å². The van der Waals surface area contributed by atoms with Gasteiger partial charge in [-0.2, -0.15) is 18.3 Å². The second-order valence-electron chi connectivity index (χ2n) is 6.39. The van der Waals surface area contributed by atoms with E-state index in [1.807, 2.05) is 5.10 Å². The predicted molar refractivity (Wildman–Crippen MR) is 70.6 cm³/mol. The summed E-state index contributed by atoms with van der Waals surface area (Å²) in [6, 6.07) is 1.58. The van der Waals surface area contributed by atoms with Crippen molar-refractivity contribution in [2.75, 3.05) is 13.1 Å². The van der Waals surface area contributed by atoms with E-state index in [1.165, 1.54) is 0 Å². The van der Waals surface area contributed by atoms with Crippen LogP contribution < -0.4 is 5.32 Å². The first-order chi connectivity index (χ1) is 9.95. The number of rotatable bonds is 2. The summed E-state index contributed by atoms with van der Waals surface area (Å²) in [5.41, 5.74) is 0.663. The van der Waals surface area contributed by atoms with Gasteiger partial charge in [0.25, 0.3) is 0 Å². The van der Waals surface area contributed by atoms with Crippen LogP contribution in [-0.2, 0) is 12.6 Å². The van der Waals surface area contributed by atoms with Crippen molar-refractivity contribution < 1.29 is 13.2 Å². The molecule has 3 heterocycles. The number of alkyl halides is 3. The number of pyridine rings is 1. The van der Waals surface area contributed by atoms with Gasteiger partial charge in [-0.3, -0.25) is 5.10 Å². The second kappa shape index (κ2) is 4.19. The molecule has 0 bridgehead atoms. The Morgan fingerprint density at radius 2 is 2.05 bits per heavy atom. The monoisotopic (exact) mass is 296 g/mol. The Bertz CT molecular complexity index is 679. The van der Waals surface area contributed by atoms with Crippen molar-refractivity contribution in [3.8, 4) is 0 Å². The highest BCUT2D eigenvalue weighted by Gasteiger charge is 2.47. The standard InChI is InChI=1S/C14H15F3N4/c15-14(16,17)11-10-2-8(5-19-12(10)21-20-11)1-9-3-13(4-9)6-18-7-13/h2,5,9,18H,1,3-4,6-7H2,(H,19,20,21). The summed E-state index contributed by atoms with van der Waals surface area (Å²) in [4.78, 5) is 4.04. The molecule has 7 heteroatoms. The molecule has 0 radical (unpaired) electrons. The zero-order chi connectivity index (χ0) is 14.7. The van der Waals surface area contributed by atoms with Gasteiger partial charge in [-0.05, 0) is 42.2 Å². The lowest BCUT2D eigenvalue weighted by molar-refractivity contribution is -0.139. The number of halogens is 3. The van der Waals surface area contributed by atoms with Crippen molar-refractivity contribution in [3.05, 3.63) is 23.5 Å². The molecule has 0 atom stereocenters. The number of aromatic nitrogens is 3. The average Bonchev–Trinajstić information content (AvgIpc) is 2.73. The lowest BCUT2D eigenvalue weighted by atomic mass is 9.57. The van der Waals surface area contributed by atoms with Gasteiger partial charge in [-0.1, -0.05) is 0 Å². The maximum Gasteiger partial charge on any atom is 0.433 e. The summed E-state index contributed by atoms with van der Waals surface area (Å²) < 4.78 is 38.6. The number of hydrogen-bond donors (Lipinski definition) is 2. The quantitative estimate of drug-likeness (QED) is 0.895. The van der Waals surface area contributed by atoms with E-state index in [-0.39, 0.29) is 11.0 Å². The summed E-state index contributed by atoms with van der Waals surface area (Å²) in [6.45, 7) is 2.17. The van der Waals surface area contributed by atoms with Crippen molar-refractivity contribution in [2.24, 2.45) is 11.3 Å². The molecule has 2 fully saturated rings. The van der Waals surface area contributed by atoms with E-state index in [4.69, 9.17) is 0 Å². The number of hydrogen-bond acceptors (Lipinski definition) is 3. The predicted octanol–water partition coefficient (Wildman–Crippen LogP) is 2.52. The van der Waals surface area contributed by atoms with E-state index in [0.29, 0.717) is 11.3 Å². The van der Waals surface area contributed by atoms with Crippen molar-refractivity contribution in [2.45, 2.75) is 25.4 Å². The third-order valence-electron chi connectivity index (χ3n) is 4.72. The van der Waals surface area contributed by atoms with Crippen molar-refractivity contribution >= 4 is 11.0 Å². The van der Waals surface area contributed by atoms with Crippen molar-refractivity contribution in [1.82, 2.24) is 20.5 Å². The Labute approximate surface area is 119 Å². The van der Waals surface area contributed by atoms with Crippen LogP contribution >= 0.6 is 0 Å². The number of aromatic amines is 1. The normalized spacial score (nSPS) is 21.5. The fourth-order valence-corrected chi connectivity index (χ4v) is 3.68. The molecule has 1 aliphatic heterocycles. The molecule has 112 valence electrons. The summed E-state index contributed by atoms with van der Waals surface area (Å²) >= 11 is 0. The number of nitrogens with zero attached hydrogens (tertiary/aromatic N) is 2. The molecule has 2 aromatic heterocycles. The molecule has 4 nitrogen and oxygen atoms in total. The molecule has 1 aliphatic carbocycles. The number of fused-ring (bicyclic) bond motifs is 1. The maximum absolute atomic E-state index is 12.9. The van der Waals surface area contributed by atoms with Crippen LogP contribution in [-0.4, -0.2) is 28.3 Å². The maximum atomic E-state index is 12.9. The van der Waals surface area contributed by atoms with Crippen LogP contribution in [0.3, 0.4) is 0 Å². The molecule has 21 heavy (non-hydrogen) atoms. The molecular weight excluding hydrogens is 281 g/mol. The molecule has 2 N–H and O–H groups in total. The topological polar surface area (TPSA) is 53.6 Å². The highest BCUT2D eigenvalue weighted by atomic mass is 19.4. The van der Waals surface area contributed by atoms with Crippen LogP contribution in [0.1, 0.15) is 24.1 Å². The first kappa shape index (κ1) is 13.1. The van der Waals surface area contributed by atoms with Crippen LogP contribution in [0.4, 0.5) is 13.2 Å². The fourth-order valence-electron chi connectivity index (χ4n) is 3.68. The summed E-state index contributed by atoms with van der Waals surface area (Å²) in [5, 5.41) is 9.02. The van der Waals surface area contributed by atoms with Gasteiger partial charge in [-0.15, -0.1) is 0 Å². The molecule has 0 unspecified atom stereocenters. The molecule has 4 rings (SSSR count). The van der Waals surface area contributed by atoms with E-state index in [2.05, 4.69) is 15.4 Å². The molecule has 1 saturated carbocycles. The highest BCUT2D eigenvalue weighted by molar-refractivity contribution is 5.78. The molecule has 0 aromatic carbocycles. The van der Waals surface area contributed by atoms with Gasteiger partial charge in [0.1, 0.15) is 5.69 Å². The molecule has 2 aromatic rings. The molecular formula is C14H15F3N4. The van der Waals surface area contributed by atoms with Crippen molar-refractivity contribution in [3.63, 3.8) is 0 Å². The molecule has 0 amide bonds. The number of H-pyrrole nitrogens is 1. The summed E-state index contributed by atoms with van der Waals surface area (Å²) in [7, 11) is 0. The minimum Gasteiger partial charge on any atom is -0.316 e. The van der Waals surface area contributed by atoms with Gasteiger partial charge in [0.2, 0.25) is 0 Å². The van der Waals surface area contributed by atoms with Gasteiger partial charge in [-0.25, -0.2) is 4.98 Å². The van der Waals surface area contributed by atoms with E-state index < -0.39 is 11.9 Å². The molecule has 1 saturated heterocycles.